The summed E-state index contributed by atoms with van der Waals surface area (Å²) in [6.07, 6.45) is 0.715. The molecule has 5 nitrogen and oxygen atoms in total. The van der Waals surface area contributed by atoms with Gasteiger partial charge in [-0.3, -0.25) is 19.3 Å². The van der Waals surface area contributed by atoms with Crippen LogP contribution in [0, 0.1) is 23.7 Å². The first-order valence-corrected chi connectivity index (χ1v) is 8.11. The second-order valence-electron chi connectivity index (χ2n) is 5.48. The molecule has 2 saturated carbocycles. The molecule has 0 aromatic rings. The van der Waals surface area contributed by atoms with Crippen molar-refractivity contribution in [3.8, 4) is 0 Å². The lowest BCUT2D eigenvalue weighted by atomic mass is 9.81. The predicted octanol–water partition coefficient (Wildman–Crippen LogP) is 1.24. The number of rotatable bonds is 3. The van der Waals surface area contributed by atoms with Crippen molar-refractivity contribution >= 4 is 49.6 Å². The first-order chi connectivity index (χ1) is 8.93. The van der Waals surface area contributed by atoms with Gasteiger partial charge in [-0.25, -0.2) is 0 Å². The third-order valence-corrected chi connectivity index (χ3v) is 7.83. The van der Waals surface area contributed by atoms with Crippen molar-refractivity contribution in [1.82, 2.24) is 4.90 Å². The summed E-state index contributed by atoms with van der Waals surface area (Å²) in [5.74, 6) is -1.46. The molecule has 1 N–H and O–H groups in total. The zero-order chi connectivity index (χ0) is 13.9. The van der Waals surface area contributed by atoms with Gasteiger partial charge in [0.2, 0.25) is 11.8 Å². The van der Waals surface area contributed by atoms with Crippen LogP contribution in [0.1, 0.15) is 12.8 Å². The molecule has 3 aliphatic rings. The number of aliphatic carboxylic acids is 1. The summed E-state index contributed by atoms with van der Waals surface area (Å²) >= 11 is 7.21. The average Bonchev–Trinajstić information content (AvgIpc) is 2.93. The summed E-state index contributed by atoms with van der Waals surface area (Å²) < 4.78 is 0. The molecule has 0 aromatic heterocycles. The van der Waals surface area contributed by atoms with Gasteiger partial charge in [0.05, 0.1) is 18.3 Å². The number of halogens is 2. The number of fused-ring (bicyclic) bond motifs is 5. The molecule has 7 heteroatoms. The maximum absolute atomic E-state index is 12.3. The molecule has 0 spiro atoms. The fourth-order valence-electron chi connectivity index (χ4n) is 3.84. The van der Waals surface area contributed by atoms with Gasteiger partial charge in [-0.2, -0.15) is 0 Å². The molecule has 2 amide bonds. The molecule has 104 valence electrons. The Hall–Kier alpha value is -0.430. The van der Waals surface area contributed by atoms with Gasteiger partial charge in [0, 0.05) is 16.2 Å². The number of alkyl halides is 2. The molecule has 19 heavy (non-hydrogen) atoms. The Kier molecular flexibility index (Phi) is 3.24. The van der Waals surface area contributed by atoms with E-state index in [1.807, 2.05) is 0 Å². The summed E-state index contributed by atoms with van der Waals surface area (Å²) in [5, 5.41) is 8.69. The van der Waals surface area contributed by atoms with E-state index in [4.69, 9.17) is 5.11 Å². The van der Waals surface area contributed by atoms with Crippen molar-refractivity contribution in [1.29, 1.82) is 0 Å². The Balaban J connectivity index is 1.83. The maximum atomic E-state index is 12.3. The lowest BCUT2D eigenvalue weighted by Crippen LogP contribution is -2.37. The van der Waals surface area contributed by atoms with Gasteiger partial charge < -0.3 is 5.11 Å². The number of hydrogen-bond donors (Lipinski definition) is 1. The summed E-state index contributed by atoms with van der Waals surface area (Å²) in [6.45, 7) is -0.000650. The molecular weight excluding hydrogens is 382 g/mol. The minimum atomic E-state index is -0.989. The van der Waals surface area contributed by atoms with E-state index in [9.17, 15) is 14.4 Å². The molecule has 2 aliphatic carbocycles. The molecule has 0 aromatic carbocycles. The third-order valence-electron chi connectivity index (χ3n) is 4.63. The van der Waals surface area contributed by atoms with Gasteiger partial charge >= 0.3 is 5.97 Å². The SMILES string of the molecule is O=C(O)CCN1C(=O)[C@@H]2[C@H]3C[C@@H]([C@H](Br)[C@H]3Br)[C@@H]2C1=O. The van der Waals surface area contributed by atoms with Crippen LogP contribution in [-0.4, -0.2) is 44.0 Å². The Bertz CT molecular complexity index is 437. The van der Waals surface area contributed by atoms with Crippen molar-refractivity contribution in [3.63, 3.8) is 0 Å². The smallest absolute Gasteiger partial charge is 0.305 e. The lowest BCUT2D eigenvalue weighted by molar-refractivity contribution is -0.142. The fraction of sp³-hybridized carbons (Fsp3) is 0.750. The topological polar surface area (TPSA) is 74.7 Å². The summed E-state index contributed by atoms with van der Waals surface area (Å²) in [7, 11) is 0. The van der Waals surface area contributed by atoms with Crippen LogP contribution in [0.15, 0.2) is 0 Å². The van der Waals surface area contributed by atoms with Crippen LogP contribution in [0.4, 0.5) is 0 Å². The van der Waals surface area contributed by atoms with E-state index in [1.54, 1.807) is 0 Å². The van der Waals surface area contributed by atoms with E-state index in [1.165, 1.54) is 0 Å². The number of hydrogen-bond acceptors (Lipinski definition) is 3. The van der Waals surface area contributed by atoms with Crippen molar-refractivity contribution < 1.29 is 19.5 Å². The second kappa shape index (κ2) is 4.55. The minimum absolute atomic E-state index is 0.000650. The van der Waals surface area contributed by atoms with Crippen molar-refractivity contribution in [3.05, 3.63) is 0 Å². The summed E-state index contributed by atoms with van der Waals surface area (Å²) in [5.41, 5.74) is 0. The minimum Gasteiger partial charge on any atom is -0.481 e. The van der Waals surface area contributed by atoms with Crippen LogP contribution in [0.25, 0.3) is 0 Å². The zero-order valence-electron chi connectivity index (χ0n) is 9.96. The number of amides is 2. The van der Waals surface area contributed by atoms with Gasteiger partial charge in [-0.05, 0) is 18.3 Å². The van der Waals surface area contributed by atoms with Gasteiger partial charge in [-0.15, -0.1) is 0 Å². The van der Waals surface area contributed by atoms with Crippen LogP contribution < -0.4 is 0 Å². The molecule has 1 heterocycles. The summed E-state index contributed by atoms with van der Waals surface area (Å²) in [6, 6.07) is 0. The van der Waals surface area contributed by atoms with E-state index in [-0.39, 0.29) is 58.1 Å². The highest BCUT2D eigenvalue weighted by molar-refractivity contribution is 9.12. The molecule has 2 bridgehead atoms. The molecule has 0 radical (unpaired) electrons. The largest absolute Gasteiger partial charge is 0.481 e. The number of likely N-dealkylation sites (tertiary alicyclic amines) is 1. The number of carboxylic acids is 1. The standard InChI is InChI=1S/C12H13Br2NO4/c13-9-4-3-5(10(9)14)8-7(4)11(18)15(12(8)19)2-1-6(16)17/h4-5,7-10H,1-3H2,(H,16,17)/t4-,5-,7-,8+,9+,10+/m1/s1. The number of carbonyl (C=O) groups excluding carboxylic acids is 2. The van der Waals surface area contributed by atoms with E-state index in [0.717, 1.165) is 11.3 Å². The van der Waals surface area contributed by atoms with E-state index < -0.39 is 5.97 Å². The predicted molar refractivity (Wildman–Crippen MR) is 73.0 cm³/mol. The molecule has 1 aliphatic heterocycles. The highest BCUT2D eigenvalue weighted by Gasteiger charge is 2.66. The lowest BCUT2D eigenvalue weighted by Gasteiger charge is -2.28. The average molecular weight is 395 g/mol. The molecule has 3 rings (SSSR count). The maximum Gasteiger partial charge on any atom is 0.305 e. The highest BCUT2D eigenvalue weighted by atomic mass is 79.9. The Morgan fingerprint density at radius 3 is 2.05 bits per heavy atom. The van der Waals surface area contributed by atoms with E-state index in [2.05, 4.69) is 31.9 Å². The van der Waals surface area contributed by atoms with Gasteiger partial charge in [0.1, 0.15) is 0 Å². The van der Waals surface area contributed by atoms with E-state index in [0.29, 0.717) is 0 Å². The molecule has 6 atom stereocenters. The number of nitrogens with zero attached hydrogens (tertiary/aromatic N) is 1. The second-order valence-corrected chi connectivity index (χ2v) is 7.59. The molecule has 1 saturated heterocycles. The Labute approximate surface area is 127 Å². The fourth-order valence-corrected chi connectivity index (χ4v) is 5.71. The Morgan fingerprint density at radius 1 is 1.16 bits per heavy atom. The van der Waals surface area contributed by atoms with Gasteiger partial charge in [0.25, 0.3) is 0 Å². The zero-order valence-corrected chi connectivity index (χ0v) is 13.1. The van der Waals surface area contributed by atoms with Gasteiger partial charge in [-0.1, -0.05) is 31.9 Å². The number of imide groups is 1. The van der Waals surface area contributed by atoms with Crippen LogP contribution in [-0.2, 0) is 14.4 Å². The van der Waals surface area contributed by atoms with Crippen LogP contribution in [0.2, 0.25) is 0 Å². The molecule has 0 unspecified atom stereocenters. The van der Waals surface area contributed by atoms with Crippen LogP contribution >= 0.6 is 31.9 Å². The van der Waals surface area contributed by atoms with Crippen molar-refractivity contribution in [2.75, 3.05) is 6.54 Å². The van der Waals surface area contributed by atoms with Crippen molar-refractivity contribution in [2.24, 2.45) is 23.7 Å². The molecule has 3 fully saturated rings. The van der Waals surface area contributed by atoms with Crippen LogP contribution in [0.3, 0.4) is 0 Å². The number of carbonyl (C=O) groups is 3. The third kappa shape index (κ3) is 1.81. The quantitative estimate of drug-likeness (QED) is 0.577. The van der Waals surface area contributed by atoms with E-state index >= 15 is 0 Å². The first kappa shape index (κ1) is 13.5. The first-order valence-electron chi connectivity index (χ1n) is 6.28. The van der Waals surface area contributed by atoms with Crippen LogP contribution in [0.5, 0.6) is 0 Å². The normalized spacial score (nSPS) is 44.0. The van der Waals surface area contributed by atoms with Gasteiger partial charge in [0.15, 0.2) is 0 Å². The highest BCUT2D eigenvalue weighted by Crippen LogP contribution is 2.60. The summed E-state index contributed by atoms with van der Waals surface area (Å²) in [4.78, 5) is 36.8. The Morgan fingerprint density at radius 2 is 1.63 bits per heavy atom. The number of carboxylic acid groups (broad SMARTS) is 1. The molecular formula is C12H13Br2NO4. The monoisotopic (exact) mass is 393 g/mol. The van der Waals surface area contributed by atoms with Crippen molar-refractivity contribution in [2.45, 2.75) is 22.5 Å².